The second kappa shape index (κ2) is 5.95. The maximum absolute atomic E-state index is 11.9. The number of carbonyl (C=O) groups excluding carboxylic acids is 1. The van der Waals surface area contributed by atoms with Crippen LogP contribution in [-0.2, 0) is 6.54 Å². The van der Waals surface area contributed by atoms with Crippen LogP contribution in [0.25, 0.3) is 0 Å². The lowest BCUT2D eigenvalue weighted by molar-refractivity contribution is 0.206. The van der Waals surface area contributed by atoms with Gasteiger partial charge in [-0.25, -0.2) is 4.79 Å². The fourth-order valence-corrected chi connectivity index (χ4v) is 1.93. The Morgan fingerprint density at radius 3 is 2.37 bits per heavy atom. The first kappa shape index (κ1) is 13.7. The first-order chi connectivity index (χ1) is 9.06. The van der Waals surface area contributed by atoms with Crippen LogP contribution in [-0.4, -0.2) is 38.6 Å². The van der Waals surface area contributed by atoms with Gasteiger partial charge in [0.05, 0.1) is 0 Å². The minimum atomic E-state index is 0.0172. The van der Waals surface area contributed by atoms with Gasteiger partial charge in [0.25, 0.3) is 0 Å². The molecule has 1 fully saturated rings. The Hall–Kier alpha value is -1.71. The van der Waals surface area contributed by atoms with E-state index in [4.69, 9.17) is 0 Å². The van der Waals surface area contributed by atoms with E-state index in [-0.39, 0.29) is 6.03 Å². The summed E-state index contributed by atoms with van der Waals surface area (Å²) in [6.07, 6.45) is 2.52. The molecule has 104 valence electrons. The van der Waals surface area contributed by atoms with E-state index in [1.165, 1.54) is 18.5 Å². The van der Waals surface area contributed by atoms with Crippen molar-refractivity contribution in [1.82, 2.24) is 10.2 Å². The molecule has 0 heterocycles. The average Bonchev–Trinajstić information content (AvgIpc) is 3.20. The molecule has 1 aromatic carbocycles. The maximum Gasteiger partial charge on any atom is 0.317 e. The third-order valence-electron chi connectivity index (χ3n) is 3.46. The van der Waals surface area contributed by atoms with Gasteiger partial charge in [-0.2, -0.15) is 0 Å². The van der Waals surface area contributed by atoms with Crippen molar-refractivity contribution in [3.63, 3.8) is 0 Å². The lowest BCUT2D eigenvalue weighted by Gasteiger charge is -2.19. The van der Waals surface area contributed by atoms with Crippen molar-refractivity contribution in [2.45, 2.75) is 19.4 Å². The van der Waals surface area contributed by atoms with Crippen LogP contribution >= 0.6 is 0 Å². The SMILES string of the molecule is CN(Cc1ccc(N(C)C)cc1)C(=O)NCC1CC1. The molecule has 1 aliphatic rings. The molecular weight excluding hydrogens is 238 g/mol. The van der Waals surface area contributed by atoms with E-state index in [0.29, 0.717) is 6.54 Å². The monoisotopic (exact) mass is 261 g/mol. The predicted octanol–water partition coefficient (Wildman–Crippen LogP) is 2.30. The van der Waals surface area contributed by atoms with Gasteiger partial charge in [0, 0.05) is 39.9 Å². The number of anilines is 1. The van der Waals surface area contributed by atoms with Crippen molar-refractivity contribution < 1.29 is 4.79 Å². The number of hydrogen-bond acceptors (Lipinski definition) is 2. The number of carbonyl (C=O) groups is 1. The molecule has 2 rings (SSSR count). The molecule has 0 spiro atoms. The molecule has 1 aromatic rings. The number of nitrogens with one attached hydrogen (secondary N) is 1. The van der Waals surface area contributed by atoms with Crippen molar-refractivity contribution in [1.29, 1.82) is 0 Å². The van der Waals surface area contributed by atoms with E-state index in [1.54, 1.807) is 4.90 Å². The highest BCUT2D eigenvalue weighted by atomic mass is 16.2. The van der Waals surface area contributed by atoms with Crippen LogP contribution in [0, 0.1) is 5.92 Å². The van der Waals surface area contributed by atoms with Gasteiger partial charge >= 0.3 is 6.03 Å². The van der Waals surface area contributed by atoms with E-state index in [1.807, 2.05) is 21.1 Å². The largest absolute Gasteiger partial charge is 0.378 e. The molecule has 4 nitrogen and oxygen atoms in total. The fraction of sp³-hybridized carbons (Fsp3) is 0.533. The van der Waals surface area contributed by atoms with Crippen molar-refractivity contribution in [3.8, 4) is 0 Å². The minimum Gasteiger partial charge on any atom is -0.378 e. The molecular formula is C15H23N3O. The first-order valence-electron chi connectivity index (χ1n) is 6.81. The van der Waals surface area contributed by atoms with E-state index in [0.717, 1.165) is 18.0 Å². The Morgan fingerprint density at radius 2 is 1.84 bits per heavy atom. The topological polar surface area (TPSA) is 35.6 Å². The van der Waals surface area contributed by atoms with Gasteiger partial charge < -0.3 is 15.1 Å². The van der Waals surface area contributed by atoms with Crippen molar-refractivity contribution >= 4 is 11.7 Å². The molecule has 1 N–H and O–H groups in total. The molecule has 0 unspecified atom stereocenters. The summed E-state index contributed by atoms with van der Waals surface area (Å²) in [5, 5.41) is 2.97. The van der Waals surface area contributed by atoms with Gasteiger partial charge in [0.1, 0.15) is 0 Å². The number of urea groups is 1. The van der Waals surface area contributed by atoms with Crippen molar-refractivity contribution in [2.75, 3.05) is 32.6 Å². The summed E-state index contributed by atoms with van der Waals surface area (Å²) >= 11 is 0. The zero-order valence-corrected chi connectivity index (χ0v) is 12.0. The van der Waals surface area contributed by atoms with Crippen LogP contribution in [0.3, 0.4) is 0 Å². The molecule has 4 heteroatoms. The predicted molar refractivity (Wildman–Crippen MR) is 78.4 cm³/mol. The second-order valence-corrected chi connectivity index (χ2v) is 5.55. The van der Waals surface area contributed by atoms with Gasteiger partial charge in [-0.05, 0) is 36.5 Å². The smallest absolute Gasteiger partial charge is 0.317 e. The zero-order valence-electron chi connectivity index (χ0n) is 12.0. The third-order valence-corrected chi connectivity index (χ3v) is 3.46. The summed E-state index contributed by atoms with van der Waals surface area (Å²) in [7, 11) is 5.88. The van der Waals surface area contributed by atoms with Gasteiger partial charge in [-0.3, -0.25) is 0 Å². The molecule has 0 aliphatic heterocycles. The zero-order chi connectivity index (χ0) is 13.8. The first-order valence-corrected chi connectivity index (χ1v) is 6.81. The van der Waals surface area contributed by atoms with Crippen molar-refractivity contribution in [2.24, 2.45) is 5.92 Å². The molecule has 0 radical (unpaired) electrons. The Balaban J connectivity index is 1.82. The Kier molecular flexibility index (Phi) is 4.30. The second-order valence-electron chi connectivity index (χ2n) is 5.55. The number of nitrogens with zero attached hydrogens (tertiary/aromatic N) is 2. The standard InChI is InChI=1S/C15H23N3O/c1-17(2)14-8-6-13(7-9-14)11-18(3)15(19)16-10-12-4-5-12/h6-9,12H,4-5,10-11H2,1-3H3,(H,16,19). The highest BCUT2D eigenvalue weighted by Crippen LogP contribution is 2.27. The maximum atomic E-state index is 11.9. The van der Waals surface area contributed by atoms with Crippen LogP contribution in [0.1, 0.15) is 18.4 Å². The summed E-state index contributed by atoms with van der Waals surface area (Å²) in [4.78, 5) is 15.7. The normalized spacial score (nSPS) is 14.1. The molecule has 1 aliphatic carbocycles. The van der Waals surface area contributed by atoms with Gasteiger partial charge in [0.2, 0.25) is 0 Å². The summed E-state index contributed by atoms with van der Waals surface area (Å²) in [6, 6.07) is 8.31. The average molecular weight is 261 g/mol. The molecule has 0 bridgehead atoms. The Bertz CT molecular complexity index is 424. The quantitative estimate of drug-likeness (QED) is 0.883. The molecule has 0 saturated heterocycles. The Labute approximate surface area is 115 Å². The molecule has 2 amide bonds. The van der Waals surface area contributed by atoms with Crippen LogP contribution in [0.2, 0.25) is 0 Å². The summed E-state index contributed by atoms with van der Waals surface area (Å²) in [6.45, 7) is 1.47. The highest BCUT2D eigenvalue weighted by molar-refractivity contribution is 5.73. The van der Waals surface area contributed by atoms with Crippen LogP contribution in [0.4, 0.5) is 10.5 Å². The summed E-state index contributed by atoms with van der Waals surface area (Å²) in [5.74, 6) is 0.719. The minimum absolute atomic E-state index is 0.0172. The molecule has 0 aromatic heterocycles. The van der Waals surface area contributed by atoms with E-state index >= 15 is 0 Å². The Morgan fingerprint density at radius 1 is 1.21 bits per heavy atom. The highest BCUT2D eigenvalue weighted by Gasteiger charge is 2.22. The van der Waals surface area contributed by atoms with Gasteiger partial charge in [-0.1, -0.05) is 12.1 Å². The van der Waals surface area contributed by atoms with Crippen molar-refractivity contribution in [3.05, 3.63) is 29.8 Å². The molecule has 0 atom stereocenters. The van der Waals surface area contributed by atoms with Gasteiger partial charge in [-0.15, -0.1) is 0 Å². The number of amides is 2. The van der Waals surface area contributed by atoms with Crippen LogP contribution in [0.5, 0.6) is 0 Å². The molecule has 1 saturated carbocycles. The number of benzene rings is 1. The molecule has 19 heavy (non-hydrogen) atoms. The van der Waals surface area contributed by atoms with Crippen LogP contribution < -0.4 is 10.2 Å². The lowest BCUT2D eigenvalue weighted by Crippen LogP contribution is -2.37. The number of rotatable bonds is 5. The van der Waals surface area contributed by atoms with Crippen LogP contribution in [0.15, 0.2) is 24.3 Å². The van der Waals surface area contributed by atoms with E-state index in [9.17, 15) is 4.79 Å². The fourth-order valence-electron chi connectivity index (χ4n) is 1.93. The number of hydrogen-bond donors (Lipinski definition) is 1. The lowest BCUT2D eigenvalue weighted by atomic mass is 10.2. The third kappa shape index (κ3) is 4.16. The van der Waals surface area contributed by atoms with E-state index < -0.39 is 0 Å². The summed E-state index contributed by atoms with van der Waals surface area (Å²) in [5.41, 5.74) is 2.32. The van der Waals surface area contributed by atoms with E-state index in [2.05, 4.69) is 34.5 Å². The van der Waals surface area contributed by atoms with Gasteiger partial charge in [0.15, 0.2) is 0 Å². The summed E-state index contributed by atoms with van der Waals surface area (Å²) < 4.78 is 0.